The Morgan fingerprint density at radius 1 is 1.22 bits per heavy atom. The lowest BCUT2D eigenvalue weighted by atomic mass is 9.52. The summed E-state index contributed by atoms with van der Waals surface area (Å²) in [7, 11) is 0. The largest absolute Gasteiger partial charge is 0.123 e. The Labute approximate surface area is 118 Å². The molecule has 0 nitrogen and oxygen atoms in total. The minimum atomic E-state index is 0.382. The second-order valence-corrected chi connectivity index (χ2v) is 8.02. The topological polar surface area (TPSA) is 0 Å². The van der Waals surface area contributed by atoms with E-state index in [2.05, 4.69) is 40.7 Å². The number of alkyl halides is 1. The molecular weight excluding hydrogens is 240 g/mol. The molecule has 18 heavy (non-hydrogen) atoms. The molecule has 104 valence electrons. The number of rotatable bonds is 2. The van der Waals surface area contributed by atoms with Crippen LogP contribution >= 0.6 is 11.6 Å². The maximum Gasteiger partial charge on any atom is 0.0373 e. The van der Waals surface area contributed by atoms with Gasteiger partial charge in [0.25, 0.3) is 0 Å². The van der Waals surface area contributed by atoms with Crippen LogP contribution in [-0.4, -0.2) is 5.38 Å². The third kappa shape index (κ3) is 2.38. The molecule has 2 rings (SSSR count). The van der Waals surface area contributed by atoms with Crippen LogP contribution in [0.15, 0.2) is 11.6 Å². The van der Waals surface area contributed by atoms with E-state index in [1.54, 1.807) is 5.57 Å². The van der Waals surface area contributed by atoms with E-state index in [4.69, 9.17) is 11.6 Å². The molecule has 0 spiro atoms. The van der Waals surface area contributed by atoms with Gasteiger partial charge in [0.1, 0.15) is 0 Å². The summed E-state index contributed by atoms with van der Waals surface area (Å²) in [6, 6.07) is 0. The van der Waals surface area contributed by atoms with Crippen LogP contribution in [0, 0.1) is 29.1 Å². The molecule has 0 bridgehead atoms. The van der Waals surface area contributed by atoms with Crippen LogP contribution in [0.1, 0.15) is 60.3 Å². The second-order valence-electron chi connectivity index (χ2n) is 7.40. The molecule has 0 aromatic heterocycles. The monoisotopic (exact) mass is 268 g/mol. The smallest absolute Gasteiger partial charge is 0.0373 e. The Kier molecular flexibility index (Phi) is 4.17. The molecule has 2 unspecified atom stereocenters. The number of fused-ring (bicyclic) bond motifs is 1. The maximum atomic E-state index is 6.38. The van der Waals surface area contributed by atoms with Crippen LogP contribution in [0.3, 0.4) is 0 Å². The number of hydrogen-bond acceptors (Lipinski definition) is 0. The highest BCUT2D eigenvalue weighted by atomic mass is 35.5. The SMILES string of the molecule is CC(C)C1CC=C2C[C@@H](Cl)CC[C@]2(C)C1C(C)C. The lowest BCUT2D eigenvalue weighted by molar-refractivity contribution is 0.0452. The molecule has 0 radical (unpaired) electrons. The molecular formula is C17H29Cl. The van der Waals surface area contributed by atoms with E-state index in [0.717, 1.165) is 30.1 Å². The first-order valence-electron chi connectivity index (χ1n) is 7.70. The van der Waals surface area contributed by atoms with Crippen molar-refractivity contribution >= 4 is 11.6 Å². The van der Waals surface area contributed by atoms with Gasteiger partial charge in [-0.2, -0.15) is 0 Å². The summed E-state index contributed by atoms with van der Waals surface area (Å²) in [5, 5.41) is 0.382. The van der Waals surface area contributed by atoms with Crippen molar-refractivity contribution in [3.05, 3.63) is 11.6 Å². The minimum Gasteiger partial charge on any atom is -0.123 e. The Hall–Kier alpha value is 0.0300. The van der Waals surface area contributed by atoms with Gasteiger partial charge in [-0.3, -0.25) is 0 Å². The zero-order valence-electron chi connectivity index (χ0n) is 12.7. The van der Waals surface area contributed by atoms with Crippen LogP contribution in [0.4, 0.5) is 0 Å². The third-order valence-electron chi connectivity index (χ3n) is 5.56. The van der Waals surface area contributed by atoms with Crippen molar-refractivity contribution in [1.82, 2.24) is 0 Å². The molecule has 0 amide bonds. The van der Waals surface area contributed by atoms with Crippen LogP contribution < -0.4 is 0 Å². The first-order valence-corrected chi connectivity index (χ1v) is 8.13. The zero-order valence-corrected chi connectivity index (χ0v) is 13.4. The lowest BCUT2D eigenvalue weighted by Gasteiger charge is -2.53. The van der Waals surface area contributed by atoms with Gasteiger partial charge in [-0.25, -0.2) is 0 Å². The Balaban J connectivity index is 2.35. The molecule has 0 heterocycles. The van der Waals surface area contributed by atoms with Gasteiger partial charge in [0.2, 0.25) is 0 Å². The van der Waals surface area contributed by atoms with E-state index in [0.29, 0.717) is 10.8 Å². The number of halogens is 1. The summed E-state index contributed by atoms with van der Waals surface area (Å²) >= 11 is 6.38. The van der Waals surface area contributed by atoms with E-state index in [-0.39, 0.29) is 0 Å². The molecule has 1 saturated carbocycles. The van der Waals surface area contributed by atoms with Gasteiger partial charge in [0.05, 0.1) is 0 Å². The summed E-state index contributed by atoms with van der Waals surface area (Å²) < 4.78 is 0. The van der Waals surface area contributed by atoms with Gasteiger partial charge in [-0.15, -0.1) is 11.6 Å². The summed E-state index contributed by atoms with van der Waals surface area (Å²) in [6.45, 7) is 12.1. The van der Waals surface area contributed by atoms with Crippen molar-refractivity contribution in [2.45, 2.75) is 65.7 Å². The van der Waals surface area contributed by atoms with Crippen molar-refractivity contribution in [3.63, 3.8) is 0 Å². The zero-order chi connectivity index (χ0) is 13.5. The summed E-state index contributed by atoms with van der Waals surface area (Å²) in [5.74, 6) is 3.26. The van der Waals surface area contributed by atoms with Crippen molar-refractivity contribution in [3.8, 4) is 0 Å². The predicted molar refractivity (Wildman–Crippen MR) is 81.0 cm³/mol. The Morgan fingerprint density at radius 3 is 2.44 bits per heavy atom. The van der Waals surface area contributed by atoms with Gasteiger partial charge < -0.3 is 0 Å². The van der Waals surface area contributed by atoms with Gasteiger partial charge >= 0.3 is 0 Å². The molecule has 1 fully saturated rings. The molecule has 0 N–H and O–H groups in total. The second kappa shape index (κ2) is 5.19. The lowest BCUT2D eigenvalue weighted by Crippen LogP contribution is -2.45. The van der Waals surface area contributed by atoms with Crippen LogP contribution in [0.2, 0.25) is 0 Å². The fourth-order valence-corrected chi connectivity index (χ4v) is 4.98. The van der Waals surface area contributed by atoms with Crippen LogP contribution in [-0.2, 0) is 0 Å². The predicted octanol–water partition coefficient (Wildman–Crippen LogP) is 5.66. The Bertz CT molecular complexity index is 329. The van der Waals surface area contributed by atoms with Crippen molar-refractivity contribution in [1.29, 1.82) is 0 Å². The minimum absolute atomic E-state index is 0.382. The number of hydrogen-bond donors (Lipinski definition) is 0. The van der Waals surface area contributed by atoms with E-state index >= 15 is 0 Å². The van der Waals surface area contributed by atoms with Gasteiger partial charge in [-0.05, 0) is 54.8 Å². The van der Waals surface area contributed by atoms with Gasteiger partial charge in [-0.1, -0.05) is 46.3 Å². The molecule has 1 heteroatoms. The fraction of sp³-hybridized carbons (Fsp3) is 0.882. The third-order valence-corrected chi connectivity index (χ3v) is 5.93. The van der Waals surface area contributed by atoms with E-state index in [1.165, 1.54) is 19.3 Å². The molecule has 0 aromatic rings. The molecule has 0 aliphatic heterocycles. The van der Waals surface area contributed by atoms with E-state index in [1.807, 2.05) is 0 Å². The van der Waals surface area contributed by atoms with Crippen LogP contribution in [0.5, 0.6) is 0 Å². The molecule has 2 aliphatic carbocycles. The Morgan fingerprint density at radius 2 is 1.89 bits per heavy atom. The summed E-state index contributed by atoms with van der Waals surface area (Å²) in [4.78, 5) is 0. The average molecular weight is 269 g/mol. The summed E-state index contributed by atoms with van der Waals surface area (Å²) in [6.07, 6.45) is 7.43. The standard InChI is InChI=1S/C17H29Cl/c1-11(2)15-7-6-13-10-14(18)8-9-17(13,5)16(15)12(3)4/h6,11-12,14-16H,7-10H2,1-5H3/t14-,15?,16?,17-/m0/s1. The van der Waals surface area contributed by atoms with Crippen LogP contribution in [0.25, 0.3) is 0 Å². The quantitative estimate of drug-likeness (QED) is 0.448. The number of allylic oxidation sites excluding steroid dienone is 2. The highest BCUT2D eigenvalue weighted by Crippen LogP contribution is 2.56. The summed E-state index contributed by atoms with van der Waals surface area (Å²) in [5.41, 5.74) is 2.09. The van der Waals surface area contributed by atoms with E-state index < -0.39 is 0 Å². The fourth-order valence-electron chi connectivity index (χ4n) is 4.70. The van der Waals surface area contributed by atoms with Gasteiger partial charge in [0, 0.05) is 5.38 Å². The van der Waals surface area contributed by atoms with E-state index in [9.17, 15) is 0 Å². The highest BCUT2D eigenvalue weighted by molar-refractivity contribution is 6.20. The van der Waals surface area contributed by atoms with Crippen molar-refractivity contribution in [2.75, 3.05) is 0 Å². The van der Waals surface area contributed by atoms with Crippen molar-refractivity contribution < 1.29 is 0 Å². The first kappa shape index (κ1) is 14.4. The average Bonchev–Trinajstić information content (AvgIpc) is 2.27. The van der Waals surface area contributed by atoms with Crippen molar-refractivity contribution in [2.24, 2.45) is 29.1 Å². The first-order chi connectivity index (χ1) is 8.36. The normalized spacial score (nSPS) is 40.9. The highest BCUT2D eigenvalue weighted by Gasteiger charge is 2.48. The molecule has 0 aromatic carbocycles. The molecule has 0 saturated heterocycles. The molecule has 2 aliphatic rings. The van der Waals surface area contributed by atoms with Gasteiger partial charge in [0.15, 0.2) is 0 Å². The maximum absolute atomic E-state index is 6.38. The molecule has 4 atom stereocenters.